The molecule has 4 heterocycles. The summed E-state index contributed by atoms with van der Waals surface area (Å²) in [5, 5.41) is 46.2. The number of nitrogens with two attached hydrogens (primary N) is 4. The van der Waals surface area contributed by atoms with Gasteiger partial charge in [0.1, 0.15) is 84.6 Å². The first-order valence-corrected chi connectivity index (χ1v) is 40.9. The Hall–Kier alpha value is -12.6. The van der Waals surface area contributed by atoms with Crippen molar-refractivity contribution in [2.24, 2.45) is 22.9 Å². The predicted molar refractivity (Wildman–Crippen MR) is 461 cm³/mol. The summed E-state index contributed by atoms with van der Waals surface area (Å²) in [4.78, 5) is 97.7. The second-order valence-electron chi connectivity index (χ2n) is 29.8. The number of anilines is 4. The lowest BCUT2D eigenvalue weighted by atomic mass is 10.0. The number of carbonyl (C=O) groups is 8. The standard InChI is InChI=1S/2C23H29N3O6.2C22H27N3O6/c2*1-30-18-10-15-5-4-8-31-21(12-17(24)13-22(27)26-29)23(28)25-19-6-2-3-7-20(19)32-14-16(9-15)11-18;2*1-29-16-10-14-5-4-8-30-21(17(23)12-20(26)25-28)22(27)24-18-6-2-3-7-19(18)31-13-15(9-14)11-16/h2*2-3,6-7,9-11,17,21,29H,4-5,8,12-14,24H2,1H3,(H,25,28)(H,26,27);2*2-3,6-7,9-11,17,21,28H,4-5,8,12-13,23H2,1H3,(H,24,27)(H,25,26)/t17-,21+;17-,21-;17-,21+;17-,21-/m0101/s1. The number of nitrogens with one attached hydrogen (secondary N) is 8. The summed E-state index contributed by atoms with van der Waals surface area (Å²) >= 11 is 0. The Labute approximate surface area is 729 Å². The lowest BCUT2D eigenvalue weighted by Crippen LogP contribution is -2.47. The van der Waals surface area contributed by atoms with Crippen molar-refractivity contribution in [1.82, 2.24) is 21.9 Å². The van der Waals surface area contributed by atoms with Crippen LogP contribution in [-0.2, 0) is 109 Å². The lowest BCUT2D eigenvalue weighted by Gasteiger charge is -2.24. The van der Waals surface area contributed by atoms with Crippen molar-refractivity contribution < 1.29 is 116 Å². The van der Waals surface area contributed by atoms with Crippen molar-refractivity contribution in [2.45, 2.75) is 165 Å². The first-order chi connectivity index (χ1) is 60.9. The second kappa shape index (κ2) is 51.0. The zero-order valence-corrected chi connectivity index (χ0v) is 70.6. The van der Waals surface area contributed by atoms with Gasteiger partial charge in [-0.3, -0.25) is 59.2 Å². The van der Waals surface area contributed by atoms with E-state index in [2.05, 4.69) is 33.4 Å². The molecule has 36 nitrogen and oxygen atoms in total. The Balaban J connectivity index is 0.000000190. The molecule has 4 aliphatic rings. The second-order valence-corrected chi connectivity index (χ2v) is 29.8. The minimum atomic E-state index is -1.09. The fourth-order valence-electron chi connectivity index (χ4n) is 13.8. The molecule has 0 aliphatic carbocycles. The Morgan fingerprint density at radius 1 is 0.349 bits per heavy atom. The van der Waals surface area contributed by atoms with Crippen molar-refractivity contribution in [1.29, 1.82) is 0 Å². The molecule has 8 bridgehead atoms. The molecule has 0 saturated carbocycles. The van der Waals surface area contributed by atoms with E-state index in [0.29, 0.717) is 124 Å². The number of para-hydroxylation sites is 8. The van der Waals surface area contributed by atoms with E-state index in [-0.39, 0.29) is 63.6 Å². The van der Waals surface area contributed by atoms with Gasteiger partial charge in [-0.15, -0.1) is 0 Å². The summed E-state index contributed by atoms with van der Waals surface area (Å²) in [6, 6.07) is 48.8. The van der Waals surface area contributed by atoms with Gasteiger partial charge in [0.15, 0.2) is 12.2 Å². The number of carbonyl (C=O) groups excluding carboxylic acids is 8. The molecule has 8 amide bonds. The van der Waals surface area contributed by atoms with Gasteiger partial charge >= 0.3 is 0 Å². The van der Waals surface area contributed by atoms with Gasteiger partial charge < -0.3 is 101 Å². The van der Waals surface area contributed by atoms with Gasteiger partial charge in [0.25, 0.3) is 23.6 Å². The maximum absolute atomic E-state index is 13.0. The summed E-state index contributed by atoms with van der Waals surface area (Å²) in [5.41, 5.74) is 40.3. The van der Waals surface area contributed by atoms with Gasteiger partial charge in [-0.1, -0.05) is 72.8 Å². The lowest BCUT2D eigenvalue weighted by molar-refractivity contribution is -0.134. The molecule has 126 heavy (non-hydrogen) atoms. The van der Waals surface area contributed by atoms with Crippen molar-refractivity contribution in [3.63, 3.8) is 0 Å². The highest BCUT2D eigenvalue weighted by Crippen LogP contribution is 2.33. The predicted octanol–water partition coefficient (Wildman–Crippen LogP) is 7.85. The Morgan fingerprint density at radius 2 is 0.587 bits per heavy atom. The number of aryl methyl sites for hydroxylation is 4. The molecule has 0 fully saturated rings. The van der Waals surface area contributed by atoms with Gasteiger partial charge in [-0.25, -0.2) is 21.9 Å². The monoisotopic (exact) mass is 1740 g/mol. The molecule has 8 aromatic carbocycles. The van der Waals surface area contributed by atoms with E-state index in [4.69, 9.17) is 101 Å². The average Bonchev–Trinajstić information content (AvgIpc) is 0.849. The quantitative estimate of drug-likeness (QED) is 0.0287. The fourth-order valence-corrected chi connectivity index (χ4v) is 13.8. The van der Waals surface area contributed by atoms with Crippen LogP contribution in [0.3, 0.4) is 0 Å². The Morgan fingerprint density at radius 3 is 0.849 bits per heavy atom. The number of methoxy groups -OCH3 is 4. The summed E-state index contributed by atoms with van der Waals surface area (Å²) < 4.78 is 68.8. The zero-order chi connectivity index (χ0) is 90.3. The highest BCUT2D eigenvalue weighted by molar-refractivity contribution is 5.98. The van der Waals surface area contributed by atoms with Crippen LogP contribution in [0, 0.1) is 0 Å². The molecule has 8 aromatic rings. The summed E-state index contributed by atoms with van der Waals surface area (Å²) in [6.07, 6.45) is 0.997. The molecule has 36 heteroatoms. The van der Waals surface area contributed by atoms with Crippen LogP contribution in [0.2, 0.25) is 0 Å². The largest absolute Gasteiger partial charge is 0.497 e. The van der Waals surface area contributed by atoms with Crippen LogP contribution in [0.5, 0.6) is 46.0 Å². The van der Waals surface area contributed by atoms with E-state index in [1.54, 1.807) is 124 Å². The zero-order valence-electron chi connectivity index (χ0n) is 70.6. The smallest absolute Gasteiger partial charge is 0.255 e. The van der Waals surface area contributed by atoms with E-state index >= 15 is 0 Å². The van der Waals surface area contributed by atoms with Gasteiger partial charge in [0.2, 0.25) is 23.6 Å². The molecule has 0 unspecified atom stereocenters. The Kier molecular flexibility index (Phi) is 39.4. The molecule has 0 saturated heterocycles. The molecule has 676 valence electrons. The molecule has 8 atom stereocenters. The molecule has 0 radical (unpaired) electrons. The minimum Gasteiger partial charge on any atom is -0.497 e. The number of benzene rings is 8. The van der Waals surface area contributed by atoms with Gasteiger partial charge in [0.05, 0.1) is 51.2 Å². The number of ether oxygens (including phenoxy) is 12. The number of hydrogen-bond donors (Lipinski definition) is 16. The van der Waals surface area contributed by atoms with Crippen LogP contribution in [0.4, 0.5) is 22.7 Å². The number of rotatable bonds is 18. The first kappa shape index (κ1) is 97.2. The summed E-state index contributed by atoms with van der Waals surface area (Å²) in [5.74, 6) is 0.606. The molecule has 12 rings (SSSR count). The third-order valence-electron chi connectivity index (χ3n) is 20.0. The number of hydroxylamine groups is 4. The van der Waals surface area contributed by atoms with E-state index < -0.39 is 84.0 Å². The van der Waals surface area contributed by atoms with Crippen LogP contribution in [0.15, 0.2) is 170 Å². The van der Waals surface area contributed by atoms with Gasteiger partial charge in [-0.05, 0) is 206 Å². The van der Waals surface area contributed by atoms with Crippen LogP contribution < -0.4 is 104 Å². The van der Waals surface area contributed by atoms with Crippen LogP contribution in [0.25, 0.3) is 0 Å². The highest BCUT2D eigenvalue weighted by atomic mass is 16.5. The SMILES string of the molecule is COc1cc2cc(c1)COc1ccccc1NC(=O)[C@@H](C[C@@H](N)CC(=O)NO)OCCC2.COc1cc2cc(c1)COc1ccccc1NC(=O)[C@@H](C[C@H](N)CC(=O)NO)OCCC2.COc1cc2cc(c1)COc1ccccc1NC(=O)[C@@H]([C@@H](N)CC(=O)NO)OCCC2.COc1cc2cc(c1)COc1ccccc1NC(=O)[C@@H]([C@H](N)CC(=O)NO)OCCC2. The van der Waals surface area contributed by atoms with E-state index in [1.165, 1.54) is 11.0 Å². The fraction of sp³-hybridized carbons (Fsp3) is 0.378. The molecule has 0 aromatic heterocycles. The van der Waals surface area contributed by atoms with Gasteiger partial charge in [-0.2, -0.15) is 0 Å². The van der Waals surface area contributed by atoms with Crippen LogP contribution in [0.1, 0.15) is 109 Å². The third-order valence-corrected chi connectivity index (χ3v) is 20.0. The number of hydrogen-bond acceptors (Lipinski definition) is 28. The minimum absolute atomic E-state index is 0.117. The highest BCUT2D eigenvalue weighted by Gasteiger charge is 2.33. The first-order valence-electron chi connectivity index (χ1n) is 40.9. The number of fused-ring (bicyclic) bond motifs is 12. The number of amides is 8. The topological polar surface area (TPSA) is 529 Å². The molecular weight excluding hydrogens is 1630 g/mol. The van der Waals surface area contributed by atoms with Gasteiger partial charge in [0, 0.05) is 76.3 Å². The van der Waals surface area contributed by atoms with E-state index in [0.717, 1.165) is 80.3 Å². The summed E-state index contributed by atoms with van der Waals surface area (Å²) in [7, 11) is 6.48. The molecule has 0 spiro atoms. The van der Waals surface area contributed by atoms with E-state index in [9.17, 15) is 38.4 Å². The molecular formula is C90H112N12O24. The average molecular weight is 1750 g/mol. The molecule has 4 aliphatic heterocycles. The summed E-state index contributed by atoms with van der Waals surface area (Å²) in [6.45, 7) is 2.43. The molecule has 20 N–H and O–H groups in total. The Bertz CT molecular complexity index is 4610. The van der Waals surface area contributed by atoms with Crippen molar-refractivity contribution >= 4 is 70.0 Å². The van der Waals surface area contributed by atoms with Crippen molar-refractivity contribution in [3.05, 3.63) is 214 Å². The van der Waals surface area contributed by atoms with Crippen molar-refractivity contribution in [2.75, 3.05) is 76.1 Å². The van der Waals surface area contributed by atoms with Crippen molar-refractivity contribution in [3.8, 4) is 46.0 Å². The third kappa shape index (κ3) is 31.6. The maximum Gasteiger partial charge on any atom is 0.255 e. The normalized spacial score (nSPS) is 17.8. The maximum atomic E-state index is 13.0. The van der Waals surface area contributed by atoms with Crippen LogP contribution >= 0.6 is 0 Å². The van der Waals surface area contributed by atoms with E-state index in [1.807, 2.05) is 72.8 Å². The van der Waals surface area contributed by atoms with Crippen LogP contribution in [-0.4, -0.2) is 172 Å².